The maximum absolute atomic E-state index is 7.10. The molecule has 0 aromatic heterocycles. The van der Waals surface area contributed by atoms with Crippen LogP contribution in [0.3, 0.4) is 0 Å². The Kier molecular flexibility index (Phi) is 7.31. The summed E-state index contributed by atoms with van der Waals surface area (Å²) in [5.74, 6) is 0. The Morgan fingerprint density at radius 2 is 1.58 bits per heavy atom. The number of nitrogens with zero attached hydrogens (tertiary/aromatic N) is 2. The molecular formula is C35H42ClN2+. The fraction of sp³-hybridized carbons (Fsp3) is 0.400. The lowest BCUT2D eigenvalue weighted by atomic mass is 9.81. The van der Waals surface area contributed by atoms with Gasteiger partial charge in [-0.25, -0.2) is 0 Å². The molecule has 2 aromatic rings. The first-order chi connectivity index (χ1) is 18.2. The van der Waals surface area contributed by atoms with Gasteiger partial charge in [-0.1, -0.05) is 80.9 Å². The van der Waals surface area contributed by atoms with Crippen LogP contribution < -0.4 is 4.90 Å². The summed E-state index contributed by atoms with van der Waals surface area (Å²) in [6, 6.07) is 17.7. The van der Waals surface area contributed by atoms with Gasteiger partial charge < -0.3 is 4.90 Å². The lowest BCUT2D eigenvalue weighted by molar-refractivity contribution is -0.437. The summed E-state index contributed by atoms with van der Waals surface area (Å²) >= 11 is 7.10. The zero-order valence-corrected chi connectivity index (χ0v) is 24.7. The number of anilines is 1. The van der Waals surface area contributed by atoms with Crippen molar-refractivity contribution in [2.24, 2.45) is 0 Å². The zero-order valence-electron chi connectivity index (χ0n) is 23.9. The highest BCUT2D eigenvalue weighted by Gasteiger charge is 2.44. The Labute approximate surface area is 234 Å². The first kappa shape index (κ1) is 26.8. The molecule has 2 nitrogen and oxygen atoms in total. The second-order valence-corrected chi connectivity index (χ2v) is 12.2. The third-order valence-corrected chi connectivity index (χ3v) is 9.19. The van der Waals surface area contributed by atoms with Gasteiger partial charge in [-0.3, -0.25) is 0 Å². The van der Waals surface area contributed by atoms with E-state index in [-0.39, 0.29) is 10.8 Å². The van der Waals surface area contributed by atoms with Crippen molar-refractivity contribution in [3.8, 4) is 0 Å². The molecule has 0 atom stereocenters. The smallest absolute Gasteiger partial charge is 0.209 e. The van der Waals surface area contributed by atoms with E-state index in [1.807, 2.05) is 0 Å². The van der Waals surface area contributed by atoms with E-state index in [1.54, 1.807) is 0 Å². The molecule has 3 aliphatic rings. The molecule has 0 unspecified atom stereocenters. The third-order valence-electron chi connectivity index (χ3n) is 8.70. The van der Waals surface area contributed by atoms with Crippen molar-refractivity contribution in [1.82, 2.24) is 0 Å². The van der Waals surface area contributed by atoms with Crippen molar-refractivity contribution >= 4 is 28.7 Å². The van der Waals surface area contributed by atoms with Gasteiger partial charge in [0.2, 0.25) is 5.69 Å². The Morgan fingerprint density at radius 3 is 2.32 bits per heavy atom. The van der Waals surface area contributed by atoms with Gasteiger partial charge in [-0.15, -0.1) is 0 Å². The SMILES string of the molecule is CCC[N+]1=C(/C=C/C2=C(Cl)C(=C/C=C3/N(CC)c4ccccc4C3(C)C)/CCC2)C(C)(C)c2ccccc21. The topological polar surface area (TPSA) is 6.25 Å². The van der Waals surface area contributed by atoms with Crippen LogP contribution in [0.25, 0.3) is 0 Å². The lowest BCUT2D eigenvalue weighted by Crippen LogP contribution is -2.27. The highest BCUT2D eigenvalue weighted by atomic mass is 35.5. The Hall–Kier alpha value is -2.84. The van der Waals surface area contributed by atoms with Crippen LogP contribution in [0.4, 0.5) is 11.4 Å². The number of rotatable bonds is 6. The van der Waals surface area contributed by atoms with E-state index in [2.05, 4.69) is 124 Å². The van der Waals surface area contributed by atoms with Crippen molar-refractivity contribution in [1.29, 1.82) is 0 Å². The minimum Gasteiger partial charge on any atom is -0.344 e. The normalized spacial score (nSPS) is 22.2. The standard InChI is InChI=1S/C35H42ClN2/c1-7-24-38-30-19-12-10-17-28(30)35(5,6)32(38)23-21-26-15-13-14-25(33(26)36)20-22-31-34(3,4)27-16-9-11-18-29(27)37(31)8-2/h9-12,16-23H,7-8,13-15,24H2,1-6H3/q+1. The van der Waals surface area contributed by atoms with Crippen molar-refractivity contribution in [3.63, 3.8) is 0 Å². The second-order valence-electron chi connectivity index (χ2n) is 11.8. The minimum atomic E-state index is -0.0281. The molecule has 3 heteroatoms. The van der Waals surface area contributed by atoms with Crippen LogP contribution in [0.2, 0.25) is 0 Å². The van der Waals surface area contributed by atoms with Crippen LogP contribution in [0.15, 0.2) is 94.7 Å². The van der Waals surface area contributed by atoms with Gasteiger partial charge in [-0.05, 0) is 68.9 Å². The van der Waals surface area contributed by atoms with Crippen LogP contribution >= 0.6 is 11.6 Å². The Balaban J connectivity index is 1.49. The zero-order chi connectivity index (χ0) is 27.1. The molecule has 2 heterocycles. The molecule has 0 fully saturated rings. The molecule has 2 aromatic carbocycles. The van der Waals surface area contributed by atoms with Crippen molar-refractivity contribution < 1.29 is 4.58 Å². The van der Waals surface area contributed by atoms with E-state index in [9.17, 15) is 0 Å². The van der Waals surface area contributed by atoms with Crippen molar-refractivity contribution in [3.05, 3.63) is 106 Å². The van der Waals surface area contributed by atoms with Gasteiger partial charge in [0, 0.05) is 52.5 Å². The molecule has 0 saturated heterocycles. The summed E-state index contributed by atoms with van der Waals surface area (Å²) in [6.07, 6.45) is 13.5. The average molecular weight is 526 g/mol. The lowest BCUT2D eigenvalue weighted by Gasteiger charge is -2.26. The highest BCUT2D eigenvalue weighted by molar-refractivity contribution is 6.32. The fourth-order valence-electron chi connectivity index (χ4n) is 6.65. The molecule has 0 amide bonds. The first-order valence-corrected chi connectivity index (χ1v) is 14.7. The summed E-state index contributed by atoms with van der Waals surface area (Å²) in [4.78, 5) is 2.45. The maximum atomic E-state index is 7.10. The molecule has 0 radical (unpaired) electrons. The van der Waals surface area contributed by atoms with E-state index in [4.69, 9.17) is 11.6 Å². The monoisotopic (exact) mass is 525 g/mol. The molecule has 38 heavy (non-hydrogen) atoms. The van der Waals surface area contributed by atoms with E-state index in [1.165, 1.54) is 45.1 Å². The molecule has 0 spiro atoms. The van der Waals surface area contributed by atoms with Gasteiger partial charge in [0.25, 0.3) is 0 Å². The third kappa shape index (κ3) is 4.41. The number of para-hydroxylation sites is 2. The van der Waals surface area contributed by atoms with Crippen LogP contribution in [0, 0.1) is 0 Å². The summed E-state index contributed by atoms with van der Waals surface area (Å²) < 4.78 is 2.50. The molecule has 198 valence electrons. The second kappa shape index (κ2) is 10.4. The number of halogens is 1. The molecule has 1 aliphatic carbocycles. The number of likely N-dealkylation sites (N-methyl/N-ethyl adjacent to an activating group) is 1. The number of benzene rings is 2. The summed E-state index contributed by atoms with van der Waals surface area (Å²) in [7, 11) is 0. The number of hydrogen-bond donors (Lipinski definition) is 0. The van der Waals surface area contributed by atoms with Gasteiger partial charge in [0.15, 0.2) is 5.71 Å². The minimum absolute atomic E-state index is 0.0280. The number of hydrogen-bond acceptors (Lipinski definition) is 1. The Bertz CT molecular complexity index is 1400. The van der Waals surface area contributed by atoms with Crippen molar-refractivity contribution in [2.45, 2.75) is 78.1 Å². The average Bonchev–Trinajstić information content (AvgIpc) is 3.26. The quantitative estimate of drug-likeness (QED) is 0.340. The number of fused-ring (bicyclic) bond motifs is 2. The van der Waals surface area contributed by atoms with Gasteiger partial charge in [0.1, 0.15) is 6.54 Å². The molecule has 2 aliphatic heterocycles. The van der Waals surface area contributed by atoms with Gasteiger partial charge >= 0.3 is 0 Å². The van der Waals surface area contributed by atoms with E-state index in [0.29, 0.717) is 0 Å². The summed E-state index contributed by atoms with van der Waals surface area (Å²) in [5.41, 5.74) is 10.6. The molecule has 0 bridgehead atoms. The van der Waals surface area contributed by atoms with Crippen LogP contribution in [-0.4, -0.2) is 23.4 Å². The predicted molar refractivity (Wildman–Crippen MR) is 164 cm³/mol. The molecular weight excluding hydrogens is 484 g/mol. The predicted octanol–water partition coefficient (Wildman–Crippen LogP) is 9.33. The van der Waals surface area contributed by atoms with Crippen LogP contribution in [0.5, 0.6) is 0 Å². The highest BCUT2D eigenvalue weighted by Crippen LogP contribution is 2.47. The van der Waals surface area contributed by atoms with Crippen LogP contribution in [-0.2, 0) is 10.8 Å². The largest absolute Gasteiger partial charge is 0.344 e. The van der Waals surface area contributed by atoms with E-state index >= 15 is 0 Å². The van der Waals surface area contributed by atoms with Gasteiger partial charge in [-0.2, -0.15) is 4.58 Å². The van der Waals surface area contributed by atoms with Crippen molar-refractivity contribution in [2.75, 3.05) is 18.0 Å². The van der Waals surface area contributed by atoms with Gasteiger partial charge in [0.05, 0.1) is 5.41 Å². The fourth-order valence-corrected chi connectivity index (χ4v) is 6.97. The molecule has 0 saturated carbocycles. The van der Waals surface area contributed by atoms with E-state index < -0.39 is 0 Å². The summed E-state index contributed by atoms with van der Waals surface area (Å²) in [6.45, 7) is 15.8. The van der Waals surface area contributed by atoms with E-state index in [0.717, 1.165) is 43.8 Å². The van der Waals surface area contributed by atoms with Crippen LogP contribution in [0.1, 0.15) is 78.4 Å². The summed E-state index contributed by atoms with van der Waals surface area (Å²) in [5, 5.41) is 0.927. The Morgan fingerprint density at radius 1 is 0.868 bits per heavy atom. The molecule has 5 rings (SSSR count). The molecule has 0 N–H and O–H groups in total. The first-order valence-electron chi connectivity index (χ1n) is 14.3. The maximum Gasteiger partial charge on any atom is 0.209 e. The number of allylic oxidation sites excluding steroid dienone is 8.